The number of nitrogens with zero attached hydrogens (tertiary/aromatic N) is 2. The predicted octanol–water partition coefficient (Wildman–Crippen LogP) is 4.22. The normalized spacial score (nSPS) is 15.8. The molecule has 1 aromatic heterocycles. The first-order valence-electron chi connectivity index (χ1n) is 8.04. The molecule has 2 heterocycles. The molecule has 0 aliphatic carbocycles. The Balaban J connectivity index is 1.42. The van der Waals surface area contributed by atoms with Gasteiger partial charge in [0.05, 0.1) is 15.9 Å². The molecule has 24 heavy (non-hydrogen) atoms. The van der Waals surface area contributed by atoms with Crippen molar-refractivity contribution in [3.05, 3.63) is 48.3 Å². The summed E-state index contributed by atoms with van der Waals surface area (Å²) in [6.07, 6.45) is 1.88. The third kappa shape index (κ3) is 3.01. The lowest BCUT2D eigenvalue weighted by Gasteiger charge is -2.32. The molecule has 6 heteroatoms. The smallest absolute Gasteiger partial charge is 0.186 e. The summed E-state index contributed by atoms with van der Waals surface area (Å²) in [7, 11) is 0. The van der Waals surface area contributed by atoms with E-state index < -0.39 is 0 Å². The molecule has 0 saturated carbocycles. The van der Waals surface area contributed by atoms with Gasteiger partial charge in [-0.25, -0.2) is 9.37 Å². The second-order valence-corrected chi connectivity index (χ2v) is 7.04. The molecule has 3 aromatic rings. The minimum atomic E-state index is -0.203. The van der Waals surface area contributed by atoms with Crippen molar-refractivity contribution in [3.8, 4) is 5.75 Å². The number of hydrogen-bond acceptors (Lipinski definition) is 5. The highest BCUT2D eigenvalue weighted by molar-refractivity contribution is 7.22. The van der Waals surface area contributed by atoms with Gasteiger partial charge in [0.15, 0.2) is 5.13 Å². The molecular weight excluding hydrogens is 325 g/mol. The van der Waals surface area contributed by atoms with Crippen LogP contribution in [0.15, 0.2) is 42.5 Å². The molecule has 0 unspecified atom stereocenters. The first kappa shape index (κ1) is 15.2. The summed E-state index contributed by atoms with van der Waals surface area (Å²) < 4.78 is 14.8. The average molecular weight is 343 g/mol. The number of benzene rings is 2. The fraction of sp³-hybridized carbons (Fsp3) is 0.278. The van der Waals surface area contributed by atoms with Crippen molar-refractivity contribution in [2.45, 2.75) is 18.9 Å². The maximum Gasteiger partial charge on any atom is 0.186 e. The molecule has 124 valence electrons. The molecule has 0 atom stereocenters. The van der Waals surface area contributed by atoms with Gasteiger partial charge in [0.2, 0.25) is 0 Å². The molecule has 0 spiro atoms. The molecule has 2 aromatic carbocycles. The first-order chi connectivity index (χ1) is 11.7. The molecule has 4 nitrogen and oxygen atoms in total. The molecule has 0 bridgehead atoms. The fourth-order valence-electron chi connectivity index (χ4n) is 3.05. The van der Waals surface area contributed by atoms with Crippen LogP contribution in [-0.4, -0.2) is 29.2 Å². The van der Waals surface area contributed by atoms with Gasteiger partial charge < -0.3 is 15.3 Å². The van der Waals surface area contributed by atoms with Crippen LogP contribution in [0.2, 0.25) is 0 Å². The Labute approximate surface area is 143 Å². The van der Waals surface area contributed by atoms with Gasteiger partial charge >= 0.3 is 0 Å². The monoisotopic (exact) mass is 343 g/mol. The summed E-state index contributed by atoms with van der Waals surface area (Å²) in [6, 6.07) is 12.4. The number of aromatic nitrogens is 1. The van der Waals surface area contributed by atoms with Gasteiger partial charge in [0, 0.05) is 25.2 Å². The van der Waals surface area contributed by atoms with Gasteiger partial charge in [0.25, 0.3) is 0 Å². The lowest BCUT2D eigenvalue weighted by Crippen LogP contribution is -2.39. The lowest BCUT2D eigenvalue weighted by atomic mass is 10.1. The van der Waals surface area contributed by atoms with Gasteiger partial charge in [-0.05, 0) is 37.1 Å². The number of anilines is 2. The third-order valence-corrected chi connectivity index (χ3v) is 5.46. The van der Waals surface area contributed by atoms with E-state index in [9.17, 15) is 9.50 Å². The van der Waals surface area contributed by atoms with Crippen molar-refractivity contribution < 1.29 is 9.50 Å². The van der Waals surface area contributed by atoms with Crippen LogP contribution in [0.4, 0.5) is 15.2 Å². The molecule has 1 saturated heterocycles. The van der Waals surface area contributed by atoms with Crippen LogP contribution in [0.1, 0.15) is 12.8 Å². The number of aromatic hydroxyl groups is 1. The number of halogens is 1. The summed E-state index contributed by atoms with van der Waals surface area (Å²) in [6.45, 7) is 1.77. The van der Waals surface area contributed by atoms with Crippen molar-refractivity contribution in [3.63, 3.8) is 0 Å². The maximum atomic E-state index is 13.7. The zero-order valence-electron chi connectivity index (χ0n) is 13.1. The first-order valence-corrected chi connectivity index (χ1v) is 8.86. The molecule has 1 aliphatic heterocycles. The Hall–Kier alpha value is -2.34. The predicted molar refractivity (Wildman–Crippen MR) is 96.5 cm³/mol. The average Bonchev–Trinajstić information content (AvgIpc) is 3.01. The minimum Gasteiger partial charge on any atom is -0.508 e. The van der Waals surface area contributed by atoms with Gasteiger partial charge in [-0.3, -0.25) is 0 Å². The topological polar surface area (TPSA) is 48.4 Å². The van der Waals surface area contributed by atoms with E-state index >= 15 is 0 Å². The van der Waals surface area contributed by atoms with E-state index in [0.717, 1.165) is 41.3 Å². The summed E-state index contributed by atoms with van der Waals surface area (Å²) in [4.78, 5) is 6.89. The zero-order chi connectivity index (χ0) is 16.5. The number of thiazole rings is 1. The van der Waals surface area contributed by atoms with Gasteiger partial charge in [0.1, 0.15) is 11.6 Å². The van der Waals surface area contributed by atoms with Crippen molar-refractivity contribution in [2.75, 3.05) is 23.3 Å². The highest BCUT2D eigenvalue weighted by Crippen LogP contribution is 2.32. The Morgan fingerprint density at radius 2 is 1.96 bits per heavy atom. The Morgan fingerprint density at radius 3 is 2.75 bits per heavy atom. The second-order valence-electron chi connectivity index (χ2n) is 6.03. The van der Waals surface area contributed by atoms with Gasteiger partial charge in [-0.2, -0.15) is 0 Å². The minimum absolute atomic E-state index is 0.203. The summed E-state index contributed by atoms with van der Waals surface area (Å²) >= 11 is 1.64. The number of piperidine rings is 1. The van der Waals surface area contributed by atoms with Crippen molar-refractivity contribution in [1.29, 1.82) is 0 Å². The Kier molecular flexibility index (Phi) is 3.98. The lowest BCUT2D eigenvalue weighted by molar-refractivity contribution is 0.476. The van der Waals surface area contributed by atoms with Crippen LogP contribution in [0.5, 0.6) is 5.75 Å². The van der Waals surface area contributed by atoms with Crippen molar-refractivity contribution in [2.24, 2.45) is 0 Å². The Bertz CT molecular complexity index is 858. The van der Waals surface area contributed by atoms with E-state index in [0.29, 0.717) is 5.69 Å². The van der Waals surface area contributed by atoms with Crippen LogP contribution in [0.25, 0.3) is 10.2 Å². The number of para-hydroxylation sites is 1. The van der Waals surface area contributed by atoms with E-state index in [1.54, 1.807) is 35.6 Å². The zero-order valence-corrected chi connectivity index (χ0v) is 13.9. The SMILES string of the molecule is Oc1ccc2sc(N3CCC(Nc4ccccc4F)CC3)nc2c1. The highest BCUT2D eigenvalue weighted by atomic mass is 32.1. The largest absolute Gasteiger partial charge is 0.508 e. The van der Waals surface area contributed by atoms with E-state index in [1.807, 2.05) is 12.1 Å². The highest BCUT2D eigenvalue weighted by Gasteiger charge is 2.22. The van der Waals surface area contributed by atoms with Crippen LogP contribution >= 0.6 is 11.3 Å². The van der Waals surface area contributed by atoms with Crippen molar-refractivity contribution >= 4 is 32.4 Å². The quantitative estimate of drug-likeness (QED) is 0.747. The number of nitrogens with one attached hydrogen (secondary N) is 1. The van der Waals surface area contributed by atoms with Crippen LogP contribution in [-0.2, 0) is 0 Å². The van der Waals surface area contributed by atoms with Crippen LogP contribution < -0.4 is 10.2 Å². The number of rotatable bonds is 3. The summed E-state index contributed by atoms with van der Waals surface area (Å²) in [5.74, 6) is 0.0399. The Morgan fingerprint density at radius 1 is 1.17 bits per heavy atom. The van der Waals surface area contributed by atoms with Crippen molar-refractivity contribution in [1.82, 2.24) is 4.98 Å². The standard InChI is InChI=1S/C18H18FN3OS/c19-14-3-1-2-4-15(14)20-12-7-9-22(10-8-12)18-21-16-11-13(23)5-6-17(16)24-18/h1-6,11-12,20,23H,7-10H2. The van der Waals surface area contributed by atoms with E-state index in [2.05, 4.69) is 15.2 Å². The van der Waals surface area contributed by atoms with Gasteiger partial charge in [-0.1, -0.05) is 23.5 Å². The number of phenolic OH excluding ortho intramolecular Hbond substituents is 1. The summed E-state index contributed by atoms with van der Waals surface area (Å²) in [5.41, 5.74) is 1.41. The summed E-state index contributed by atoms with van der Waals surface area (Å²) in [5, 5.41) is 13.8. The number of phenols is 1. The molecule has 1 fully saturated rings. The second kappa shape index (κ2) is 6.28. The fourth-order valence-corrected chi connectivity index (χ4v) is 4.05. The molecule has 2 N–H and O–H groups in total. The number of hydrogen-bond donors (Lipinski definition) is 2. The third-order valence-electron chi connectivity index (χ3n) is 4.36. The molecular formula is C18H18FN3OS. The van der Waals surface area contributed by atoms with Crippen LogP contribution in [0.3, 0.4) is 0 Å². The van der Waals surface area contributed by atoms with E-state index in [1.165, 1.54) is 6.07 Å². The van der Waals surface area contributed by atoms with Crippen LogP contribution in [0, 0.1) is 5.82 Å². The van der Waals surface area contributed by atoms with E-state index in [4.69, 9.17) is 0 Å². The molecule has 0 amide bonds. The maximum absolute atomic E-state index is 13.7. The number of fused-ring (bicyclic) bond motifs is 1. The molecule has 0 radical (unpaired) electrons. The molecule has 1 aliphatic rings. The van der Waals surface area contributed by atoms with E-state index in [-0.39, 0.29) is 17.6 Å². The molecule has 4 rings (SSSR count). The van der Waals surface area contributed by atoms with Gasteiger partial charge in [-0.15, -0.1) is 0 Å².